The van der Waals surface area contributed by atoms with E-state index >= 15 is 0 Å². The molecule has 2 aliphatic rings. The number of hydrogen-bond donors (Lipinski definition) is 0. The predicted octanol–water partition coefficient (Wildman–Crippen LogP) is 2.65. The highest BCUT2D eigenvalue weighted by atomic mass is 16.5. The van der Waals surface area contributed by atoms with Gasteiger partial charge in [-0.05, 0) is 30.9 Å². The Morgan fingerprint density at radius 3 is 3.00 bits per heavy atom. The van der Waals surface area contributed by atoms with Crippen molar-refractivity contribution in [3.8, 4) is 5.75 Å². The summed E-state index contributed by atoms with van der Waals surface area (Å²) in [5.41, 5.74) is 3.52. The third-order valence-corrected chi connectivity index (χ3v) is 5.32. The number of rotatable bonds is 4. The second-order valence-electron chi connectivity index (χ2n) is 6.77. The number of nitrogens with zero attached hydrogens (tertiary/aromatic N) is 3. The van der Waals surface area contributed by atoms with Crippen molar-refractivity contribution in [3.05, 3.63) is 47.3 Å². The maximum Gasteiger partial charge on any atom is 0.223 e. The summed E-state index contributed by atoms with van der Waals surface area (Å²) in [6.07, 6.45) is 6.38. The van der Waals surface area contributed by atoms with Crippen molar-refractivity contribution in [2.75, 3.05) is 7.11 Å². The van der Waals surface area contributed by atoms with Gasteiger partial charge in [0, 0.05) is 37.7 Å². The van der Waals surface area contributed by atoms with Crippen LogP contribution >= 0.6 is 0 Å². The molecule has 2 atom stereocenters. The normalized spacial score (nSPS) is 21.7. The van der Waals surface area contributed by atoms with Crippen LogP contribution in [0, 0.1) is 0 Å². The molecule has 5 heteroatoms. The Morgan fingerprint density at radius 2 is 2.17 bits per heavy atom. The second kappa shape index (κ2) is 5.96. The molecule has 2 aromatic rings. The van der Waals surface area contributed by atoms with Gasteiger partial charge in [0.05, 0.1) is 18.8 Å². The average Bonchev–Trinajstić information content (AvgIpc) is 3.13. The summed E-state index contributed by atoms with van der Waals surface area (Å²) in [5, 5.41) is 4.56. The van der Waals surface area contributed by atoms with Gasteiger partial charge in [0.1, 0.15) is 5.75 Å². The molecule has 1 saturated heterocycles. The highest BCUT2D eigenvalue weighted by Gasteiger charge is 2.43. The summed E-state index contributed by atoms with van der Waals surface area (Å²) in [4.78, 5) is 15.0. The topological polar surface area (TPSA) is 47.4 Å². The molecule has 4 rings (SSSR count). The van der Waals surface area contributed by atoms with E-state index in [-0.39, 0.29) is 11.9 Å². The van der Waals surface area contributed by atoms with Crippen molar-refractivity contribution < 1.29 is 9.53 Å². The lowest BCUT2D eigenvalue weighted by Crippen LogP contribution is -2.41. The van der Waals surface area contributed by atoms with Crippen LogP contribution in [0.1, 0.15) is 42.1 Å². The zero-order chi connectivity index (χ0) is 16.7. The number of fused-ring (bicyclic) bond motifs is 4. The fourth-order valence-corrected chi connectivity index (χ4v) is 4.26. The molecule has 1 fully saturated rings. The summed E-state index contributed by atoms with van der Waals surface area (Å²) in [6, 6.07) is 8.48. The van der Waals surface area contributed by atoms with Crippen LogP contribution in [0.4, 0.5) is 0 Å². The van der Waals surface area contributed by atoms with E-state index in [0.29, 0.717) is 12.5 Å². The standard InChI is InChI=1S/C19H23N3O2/c1-21-12-15-16(20-21)11-14-8-9-17(15)22(14)19(23)10-7-13-5-3-4-6-18(13)24-2/h3-6,12,14,17H,7-11H2,1-2H3/t14-,17+/m0/s1. The first-order chi connectivity index (χ1) is 11.7. The molecule has 0 saturated carbocycles. The highest BCUT2D eigenvalue weighted by molar-refractivity contribution is 5.78. The van der Waals surface area contributed by atoms with E-state index in [4.69, 9.17) is 4.74 Å². The van der Waals surface area contributed by atoms with E-state index < -0.39 is 0 Å². The van der Waals surface area contributed by atoms with Crippen LogP contribution in [0.15, 0.2) is 30.5 Å². The van der Waals surface area contributed by atoms with Crippen LogP contribution in [0.2, 0.25) is 0 Å². The van der Waals surface area contributed by atoms with E-state index in [2.05, 4.69) is 16.2 Å². The third kappa shape index (κ3) is 2.48. The monoisotopic (exact) mass is 325 g/mol. The van der Waals surface area contributed by atoms with Gasteiger partial charge in [0.15, 0.2) is 0 Å². The number of aryl methyl sites for hydroxylation is 2. The van der Waals surface area contributed by atoms with Crippen LogP contribution in [-0.2, 0) is 24.7 Å². The summed E-state index contributed by atoms with van der Waals surface area (Å²) in [6.45, 7) is 0. The number of aromatic nitrogens is 2. The maximum absolute atomic E-state index is 12.9. The molecule has 2 aliphatic heterocycles. The quantitative estimate of drug-likeness (QED) is 0.868. The van der Waals surface area contributed by atoms with Gasteiger partial charge in [-0.15, -0.1) is 0 Å². The number of carbonyl (C=O) groups excluding carboxylic acids is 1. The van der Waals surface area contributed by atoms with Crippen LogP contribution in [-0.4, -0.2) is 33.7 Å². The van der Waals surface area contributed by atoms with Gasteiger partial charge < -0.3 is 9.64 Å². The molecule has 2 bridgehead atoms. The summed E-state index contributed by atoms with van der Waals surface area (Å²) in [7, 11) is 3.63. The predicted molar refractivity (Wildman–Crippen MR) is 90.8 cm³/mol. The minimum atomic E-state index is 0.220. The van der Waals surface area contributed by atoms with Gasteiger partial charge in [-0.3, -0.25) is 9.48 Å². The second-order valence-corrected chi connectivity index (χ2v) is 6.77. The van der Waals surface area contributed by atoms with Crippen molar-refractivity contribution in [2.24, 2.45) is 7.05 Å². The molecule has 3 heterocycles. The van der Waals surface area contributed by atoms with Crippen LogP contribution < -0.4 is 4.74 Å². The van der Waals surface area contributed by atoms with Gasteiger partial charge in [0.25, 0.3) is 0 Å². The number of benzene rings is 1. The van der Waals surface area contributed by atoms with Gasteiger partial charge in [-0.2, -0.15) is 5.10 Å². The largest absolute Gasteiger partial charge is 0.496 e. The third-order valence-electron chi connectivity index (χ3n) is 5.32. The number of hydrogen-bond acceptors (Lipinski definition) is 3. The molecule has 0 spiro atoms. The van der Waals surface area contributed by atoms with Crippen molar-refractivity contribution in [2.45, 2.75) is 44.2 Å². The fourth-order valence-electron chi connectivity index (χ4n) is 4.26. The Hall–Kier alpha value is -2.30. The zero-order valence-electron chi connectivity index (χ0n) is 14.2. The molecule has 1 aromatic heterocycles. The molecular weight excluding hydrogens is 302 g/mol. The molecule has 5 nitrogen and oxygen atoms in total. The average molecular weight is 325 g/mol. The van der Waals surface area contributed by atoms with Crippen molar-refractivity contribution in [1.82, 2.24) is 14.7 Å². The van der Waals surface area contributed by atoms with Gasteiger partial charge >= 0.3 is 0 Å². The fraction of sp³-hybridized carbons (Fsp3) is 0.474. The van der Waals surface area contributed by atoms with E-state index in [9.17, 15) is 4.79 Å². The summed E-state index contributed by atoms with van der Waals surface area (Å²) >= 11 is 0. The van der Waals surface area contributed by atoms with E-state index in [1.54, 1.807) is 7.11 Å². The number of amides is 1. The van der Waals surface area contributed by atoms with Gasteiger partial charge in [-0.1, -0.05) is 18.2 Å². The van der Waals surface area contributed by atoms with Crippen LogP contribution in [0.3, 0.4) is 0 Å². The Balaban J connectivity index is 1.49. The molecule has 0 radical (unpaired) electrons. The van der Waals surface area contributed by atoms with Crippen molar-refractivity contribution >= 4 is 5.91 Å². The summed E-state index contributed by atoms with van der Waals surface area (Å²) < 4.78 is 7.27. The van der Waals surface area contributed by atoms with Crippen LogP contribution in [0.5, 0.6) is 5.75 Å². The van der Waals surface area contributed by atoms with Crippen molar-refractivity contribution in [1.29, 1.82) is 0 Å². The Labute approximate surface area is 142 Å². The number of para-hydroxylation sites is 1. The Bertz CT molecular complexity index is 768. The lowest BCUT2D eigenvalue weighted by molar-refractivity contribution is -0.134. The highest BCUT2D eigenvalue weighted by Crippen LogP contribution is 2.43. The number of methoxy groups -OCH3 is 1. The molecule has 1 aromatic carbocycles. The molecule has 0 unspecified atom stereocenters. The zero-order valence-corrected chi connectivity index (χ0v) is 14.2. The number of ether oxygens (including phenoxy) is 1. The summed E-state index contributed by atoms with van der Waals surface area (Å²) in [5.74, 6) is 1.12. The van der Waals surface area contributed by atoms with E-state index in [1.807, 2.05) is 36.0 Å². The molecule has 1 amide bonds. The first kappa shape index (κ1) is 15.2. The molecular formula is C19H23N3O2. The molecule has 0 aliphatic carbocycles. The Morgan fingerprint density at radius 1 is 1.33 bits per heavy atom. The van der Waals surface area contributed by atoms with Gasteiger partial charge in [-0.25, -0.2) is 0 Å². The smallest absolute Gasteiger partial charge is 0.223 e. The van der Waals surface area contributed by atoms with Gasteiger partial charge in [0.2, 0.25) is 5.91 Å². The lowest BCUT2D eigenvalue weighted by Gasteiger charge is -2.34. The van der Waals surface area contributed by atoms with Crippen LogP contribution in [0.25, 0.3) is 0 Å². The number of carbonyl (C=O) groups is 1. The first-order valence-electron chi connectivity index (χ1n) is 8.63. The molecule has 24 heavy (non-hydrogen) atoms. The molecule has 0 N–H and O–H groups in total. The minimum absolute atomic E-state index is 0.220. The lowest BCUT2D eigenvalue weighted by atomic mass is 9.99. The minimum Gasteiger partial charge on any atom is -0.496 e. The first-order valence-corrected chi connectivity index (χ1v) is 8.63. The molecule has 126 valence electrons. The maximum atomic E-state index is 12.9. The van der Waals surface area contributed by atoms with E-state index in [0.717, 1.165) is 37.0 Å². The SMILES string of the molecule is COc1ccccc1CCC(=O)N1[C@H]2CC[C@@H]1c1cn(C)nc1C2. The van der Waals surface area contributed by atoms with Crippen molar-refractivity contribution in [3.63, 3.8) is 0 Å². The van der Waals surface area contributed by atoms with E-state index in [1.165, 1.54) is 11.3 Å². The Kier molecular flexibility index (Phi) is 3.79.